The van der Waals surface area contributed by atoms with Crippen LogP contribution in [0.25, 0.3) is 0 Å². The molecule has 88 valence electrons. The summed E-state index contributed by atoms with van der Waals surface area (Å²) in [5.41, 5.74) is -2.07. The van der Waals surface area contributed by atoms with Gasteiger partial charge < -0.3 is 4.98 Å². The molecule has 8 nitrogen and oxygen atoms in total. The van der Waals surface area contributed by atoms with Gasteiger partial charge in [-0.05, 0) is 0 Å². The zero-order chi connectivity index (χ0) is 12.3. The summed E-state index contributed by atoms with van der Waals surface area (Å²) in [7, 11) is -4.35. The number of aromatic amines is 2. The van der Waals surface area contributed by atoms with E-state index < -0.39 is 31.9 Å². The standard InChI is InChI=1S/C6H6N2O6S2/c9-4(2-15-16(12,13)14)3-1-7-6(11)8-5(3)10/h1H,2H2,(H,12,13,14)(H2,7,8,10,11). The predicted molar refractivity (Wildman–Crippen MR) is 56.0 cm³/mol. The van der Waals surface area contributed by atoms with E-state index in [-0.39, 0.29) is 16.4 Å². The second-order valence-electron chi connectivity index (χ2n) is 2.60. The number of nitrogens with one attached hydrogen (secondary N) is 2. The maximum Gasteiger partial charge on any atom is 0.325 e. The van der Waals surface area contributed by atoms with Crippen LogP contribution in [0.15, 0.2) is 15.8 Å². The van der Waals surface area contributed by atoms with Gasteiger partial charge in [0.05, 0.1) is 11.3 Å². The van der Waals surface area contributed by atoms with Crippen LogP contribution >= 0.6 is 10.8 Å². The highest BCUT2D eigenvalue weighted by atomic mass is 33.1. The molecule has 0 fully saturated rings. The van der Waals surface area contributed by atoms with Crippen LogP contribution in [0.3, 0.4) is 0 Å². The molecule has 1 aromatic heterocycles. The Hall–Kier alpha value is -1.39. The third-order valence-electron chi connectivity index (χ3n) is 1.46. The monoisotopic (exact) mass is 266 g/mol. The first-order valence-electron chi connectivity index (χ1n) is 3.76. The fraction of sp³-hybridized carbons (Fsp3) is 0.167. The smallest absolute Gasteiger partial charge is 0.313 e. The molecule has 0 amide bonds. The maximum atomic E-state index is 11.3. The van der Waals surface area contributed by atoms with Gasteiger partial charge in [-0.2, -0.15) is 8.42 Å². The molecule has 1 aromatic rings. The molecule has 10 heteroatoms. The number of H-pyrrole nitrogens is 2. The van der Waals surface area contributed by atoms with Crippen LogP contribution in [0.1, 0.15) is 10.4 Å². The Labute approximate surface area is 92.2 Å². The molecule has 1 heterocycles. The SMILES string of the molecule is O=C(CSS(=O)(=O)O)c1c[nH]c(=O)[nH]c1=O. The Morgan fingerprint density at radius 2 is 2.06 bits per heavy atom. The number of hydrogen-bond donors (Lipinski definition) is 3. The number of carbonyl (C=O) groups is 1. The summed E-state index contributed by atoms with van der Waals surface area (Å²) in [6.45, 7) is 0. The van der Waals surface area contributed by atoms with E-state index in [2.05, 4.69) is 4.98 Å². The molecule has 0 aliphatic rings. The highest BCUT2D eigenvalue weighted by Crippen LogP contribution is 2.10. The van der Waals surface area contributed by atoms with Crippen LogP contribution in [-0.4, -0.2) is 34.5 Å². The molecule has 0 aromatic carbocycles. The number of hydrogen-bond acceptors (Lipinski definition) is 6. The average molecular weight is 266 g/mol. The molecule has 0 spiro atoms. The van der Waals surface area contributed by atoms with Crippen molar-refractivity contribution in [3.63, 3.8) is 0 Å². The van der Waals surface area contributed by atoms with Gasteiger partial charge in [0.25, 0.3) is 5.56 Å². The Balaban J connectivity index is 2.90. The first-order valence-corrected chi connectivity index (χ1v) is 6.71. The molecular weight excluding hydrogens is 260 g/mol. The van der Waals surface area contributed by atoms with Gasteiger partial charge in [-0.3, -0.25) is 19.1 Å². The zero-order valence-electron chi connectivity index (χ0n) is 7.59. The van der Waals surface area contributed by atoms with E-state index >= 15 is 0 Å². The fourth-order valence-electron chi connectivity index (χ4n) is 0.823. The van der Waals surface area contributed by atoms with Gasteiger partial charge in [0, 0.05) is 17.0 Å². The van der Waals surface area contributed by atoms with Crippen molar-refractivity contribution in [3.05, 3.63) is 32.6 Å². The topological polar surface area (TPSA) is 137 Å². The van der Waals surface area contributed by atoms with Crippen molar-refractivity contribution >= 4 is 25.7 Å². The first-order chi connectivity index (χ1) is 7.29. The average Bonchev–Trinajstić information content (AvgIpc) is 2.13. The summed E-state index contributed by atoms with van der Waals surface area (Å²) < 4.78 is 29.0. The Morgan fingerprint density at radius 1 is 1.44 bits per heavy atom. The van der Waals surface area contributed by atoms with Gasteiger partial charge in [-0.1, -0.05) is 0 Å². The maximum absolute atomic E-state index is 11.3. The van der Waals surface area contributed by atoms with Crippen molar-refractivity contribution in [1.29, 1.82) is 0 Å². The van der Waals surface area contributed by atoms with Gasteiger partial charge >= 0.3 is 14.8 Å². The number of aromatic nitrogens is 2. The number of rotatable bonds is 4. The fourth-order valence-corrected chi connectivity index (χ4v) is 2.00. The molecule has 0 saturated carbocycles. The number of ketones is 1. The minimum absolute atomic E-state index is 0.0171. The van der Waals surface area contributed by atoms with Gasteiger partial charge in [-0.15, -0.1) is 0 Å². The van der Waals surface area contributed by atoms with Crippen molar-refractivity contribution < 1.29 is 17.8 Å². The highest BCUT2D eigenvalue weighted by molar-refractivity contribution is 8.70. The summed E-state index contributed by atoms with van der Waals surface area (Å²) in [4.78, 5) is 36.9. The second kappa shape index (κ2) is 4.63. The van der Waals surface area contributed by atoms with E-state index in [1.165, 1.54) is 0 Å². The molecule has 16 heavy (non-hydrogen) atoms. The lowest BCUT2D eigenvalue weighted by Crippen LogP contribution is -2.27. The molecule has 0 bridgehead atoms. The van der Waals surface area contributed by atoms with Crippen molar-refractivity contribution in [2.45, 2.75) is 0 Å². The van der Waals surface area contributed by atoms with Crippen LogP contribution < -0.4 is 11.2 Å². The van der Waals surface area contributed by atoms with E-state index in [0.29, 0.717) is 0 Å². The lowest BCUT2D eigenvalue weighted by Gasteiger charge is -1.97. The first kappa shape index (κ1) is 12.7. The summed E-state index contributed by atoms with van der Waals surface area (Å²) >= 11 is 0. The normalized spacial score (nSPS) is 11.3. The number of carbonyl (C=O) groups excluding carboxylic acids is 1. The molecule has 0 aliphatic carbocycles. The number of Topliss-reactive ketones (excluding diaryl/α,β-unsaturated/α-hetero) is 1. The molecule has 0 atom stereocenters. The molecule has 0 saturated heterocycles. The Bertz CT molecular complexity index is 612. The third-order valence-corrected chi connectivity index (χ3v) is 3.38. The Kier molecular flexibility index (Phi) is 3.67. The van der Waals surface area contributed by atoms with Crippen molar-refractivity contribution in [1.82, 2.24) is 9.97 Å². The van der Waals surface area contributed by atoms with E-state index in [1.807, 2.05) is 4.98 Å². The molecule has 0 unspecified atom stereocenters. The molecule has 3 N–H and O–H groups in total. The summed E-state index contributed by atoms with van der Waals surface area (Å²) in [5, 5.41) is 0. The lowest BCUT2D eigenvalue weighted by atomic mass is 10.2. The Morgan fingerprint density at radius 3 is 2.56 bits per heavy atom. The van der Waals surface area contributed by atoms with Crippen LogP contribution in [0.5, 0.6) is 0 Å². The minimum Gasteiger partial charge on any atom is -0.313 e. The summed E-state index contributed by atoms with van der Waals surface area (Å²) in [5.74, 6) is -1.44. The summed E-state index contributed by atoms with van der Waals surface area (Å²) in [6, 6.07) is 0. The van der Waals surface area contributed by atoms with E-state index in [0.717, 1.165) is 6.20 Å². The predicted octanol–water partition coefficient (Wildman–Crippen LogP) is -1.22. The van der Waals surface area contributed by atoms with Gasteiger partial charge in [0.1, 0.15) is 0 Å². The van der Waals surface area contributed by atoms with Crippen molar-refractivity contribution in [2.75, 3.05) is 5.75 Å². The van der Waals surface area contributed by atoms with Gasteiger partial charge in [0.2, 0.25) is 0 Å². The van der Waals surface area contributed by atoms with Crippen LogP contribution in [0.4, 0.5) is 0 Å². The van der Waals surface area contributed by atoms with E-state index in [4.69, 9.17) is 4.55 Å². The molecule has 0 radical (unpaired) electrons. The quantitative estimate of drug-likeness (QED) is 0.353. The van der Waals surface area contributed by atoms with Gasteiger partial charge in [0.15, 0.2) is 5.78 Å². The lowest BCUT2D eigenvalue weighted by molar-refractivity contribution is 0.102. The zero-order valence-corrected chi connectivity index (χ0v) is 9.22. The highest BCUT2D eigenvalue weighted by Gasteiger charge is 2.15. The molecule has 0 aliphatic heterocycles. The molecule has 1 rings (SSSR count). The van der Waals surface area contributed by atoms with Crippen LogP contribution in [-0.2, 0) is 9.15 Å². The largest absolute Gasteiger partial charge is 0.325 e. The second-order valence-corrected chi connectivity index (χ2v) is 5.95. The minimum atomic E-state index is -4.34. The van der Waals surface area contributed by atoms with Crippen molar-refractivity contribution in [3.8, 4) is 0 Å². The van der Waals surface area contributed by atoms with E-state index in [9.17, 15) is 22.8 Å². The third kappa shape index (κ3) is 3.64. The van der Waals surface area contributed by atoms with Gasteiger partial charge in [-0.25, -0.2) is 4.79 Å². The van der Waals surface area contributed by atoms with E-state index in [1.54, 1.807) is 0 Å². The molecular formula is C6H6N2O6S2. The van der Waals surface area contributed by atoms with Crippen LogP contribution in [0.2, 0.25) is 0 Å². The van der Waals surface area contributed by atoms with Crippen LogP contribution in [0, 0.1) is 0 Å². The summed E-state index contributed by atoms with van der Waals surface area (Å²) in [6.07, 6.45) is 0.883. The van der Waals surface area contributed by atoms with Crippen molar-refractivity contribution in [2.24, 2.45) is 0 Å².